The number of nitrogens with zero attached hydrogens (tertiary/aromatic N) is 2. The van der Waals surface area contributed by atoms with Gasteiger partial charge < -0.3 is 0 Å². The van der Waals surface area contributed by atoms with E-state index in [0.717, 1.165) is 47.6 Å². The maximum atomic E-state index is 5.41. The van der Waals surface area contributed by atoms with E-state index < -0.39 is 0 Å². The van der Waals surface area contributed by atoms with E-state index >= 15 is 0 Å². The van der Waals surface area contributed by atoms with E-state index in [1.807, 2.05) is 0 Å². The molecule has 212 valence electrons. The summed E-state index contributed by atoms with van der Waals surface area (Å²) in [7, 11) is 0. The van der Waals surface area contributed by atoms with Gasteiger partial charge in [0.25, 0.3) is 0 Å². The minimum absolute atomic E-state index is 0.718. The highest BCUT2D eigenvalue weighted by Gasteiger charge is 2.35. The fraction of sp³-hybridized carbons (Fsp3) is 0.971. The molecule has 0 aromatic carbocycles. The van der Waals surface area contributed by atoms with Crippen molar-refractivity contribution in [1.82, 2.24) is 5.01 Å². The molecule has 0 aromatic rings. The summed E-state index contributed by atoms with van der Waals surface area (Å²) in [5.41, 5.74) is 0. The molecule has 5 aliphatic rings. The third kappa shape index (κ3) is 8.23. The van der Waals surface area contributed by atoms with Gasteiger partial charge in [0.1, 0.15) is 0 Å². The third-order valence-corrected chi connectivity index (χ3v) is 12.0. The van der Waals surface area contributed by atoms with Crippen molar-refractivity contribution >= 4 is 6.21 Å². The Balaban J connectivity index is 1.20. The zero-order chi connectivity index (χ0) is 25.3. The number of hydrogen-bond donors (Lipinski definition) is 0. The average Bonchev–Trinajstić information content (AvgIpc) is 2.96. The SMILES string of the molecule is CC1CC(C(CC2CCCCC2)CC2CCCCC2)CCC1C=NN(C1CCCCC1)C1CCCCC1. The molecule has 0 spiro atoms. The van der Waals surface area contributed by atoms with Gasteiger partial charge in [-0.2, -0.15) is 5.10 Å². The lowest BCUT2D eigenvalue weighted by molar-refractivity contribution is 0.0829. The first-order chi connectivity index (χ1) is 18.3. The molecule has 0 aliphatic heterocycles. The topological polar surface area (TPSA) is 15.6 Å². The van der Waals surface area contributed by atoms with E-state index in [1.54, 1.807) is 12.8 Å². The number of rotatable bonds is 9. The maximum Gasteiger partial charge on any atom is 0.0473 e. The molecule has 37 heavy (non-hydrogen) atoms. The summed E-state index contributed by atoms with van der Waals surface area (Å²) in [5.74, 6) is 5.66. The van der Waals surface area contributed by atoms with Crippen LogP contribution in [-0.2, 0) is 0 Å². The van der Waals surface area contributed by atoms with Gasteiger partial charge >= 0.3 is 0 Å². The highest BCUT2D eigenvalue weighted by molar-refractivity contribution is 5.61. The molecule has 0 bridgehead atoms. The average molecular weight is 511 g/mol. The first kappa shape index (κ1) is 28.0. The molecule has 0 radical (unpaired) electrons. The molecular formula is C35H62N2. The molecule has 0 N–H and O–H groups in total. The summed E-state index contributed by atoms with van der Waals surface area (Å²) in [4.78, 5) is 0. The second-order valence-corrected chi connectivity index (χ2v) is 14.7. The Labute approximate surface area is 231 Å². The number of hydrogen-bond acceptors (Lipinski definition) is 2. The van der Waals surface area contributed by atoms with Crippen LogP contribution >= 0.6 is 0 Å². The summed E-state index contributed by atoms with van der Waals surface area (Å²) in [5, 5.41) is 8.08. The van der Waals surface area contributed by atoms with Crippen molar-refractivity contribution in [2.45, 2.75) is 180 Å². The molecule has 2 heteroatoms. The molecule has 3 atom stereocenters. The molecule has 0 saturated heterocycles. The molecule has 0 heterocycles. The molecule has 0 aromatic heterocycles. The van der Waals surface area contributed by atoms with E-state index in [1.165, 1.54) is 148 Å². The van der Waals surface area contributed by atoms with Crippen LogP contribution in [0.2, 0.25) is 0 Å². The predicted octanol–water partition coefficient (Wildman–Crippen LogP) is 10.5. The Morgan fingerprint density at radius 2 is 1.05 bits per heavy atom. The van der Waals surface area contributed by atoms with Crippen molar-refractivity contribution in [2.75, 3.05) is 0 Å². The van der Waals surface area contributed by atoms with Gasteiger partial charge in [-0.3, -0.25) is 5.01 Å². The lowest BCUT2D eigenvalue weighted by Crippen LogP contribution is -2.42. The van der Waals surface area contributed by atoms with Gasteiger partial charge in [0.2, 0.25) is 0 Å². The van der Waals surface area contributed by atoms with E-state index in [2.05, 4.69) is 18.1 Å². The van der Waals surface area contributed by atoms with Crippen molar-refractivity contribution < 1.29 is 0 Å². The molecule has 5 aliphatic carbocycles. The van der Waals surface area contributed by atoms with Gasteiger partial charge in [0, 0.05) is 18.3 Å². The largest absolute Gasteiger partial charge is 0.291 e. The Bertz CT molecular complexity index is 610. The summed E-state index contributed by atoms with van der Waals surface area (Å²) < 4.78 is 0. The standard InChI is InChI=1S/C35H62N2/c1-28-24-31(33(25-29-14-6-2-7-15-29)26-30-16-8-3-9-17-30)22-23-32(28)27-36-37(34-18-10-4-11-19-34)35-20-12-5-13-21-35/h27-35H,2-26H2,1H3. The van der Waals surface area contributed by atoms with Crippen LogP contribution in [0.3, 0.4) is 0 Å². The fourth-order valence-corrected chi connectivity index (χ4v) is 9.63. The summed E-state index contributed by atoms with van der Waals surface area (Å²) in [6.45, 7) is 2.59. The quantitative estimate of drug-likeness (QED) is 0.222. The smallest absolute Gasteiger partial charge is 0.0473 e. The Kier molecular flexibility index (Phi) is 11.2. The van der Waals surface area contributed by atoms with Gasteiger partial charge in [-0.15, -0.1) is 0 Å². The van der Waals surface area contributed by atoms with Crippen LogP contribution in [0.15, 0.2) is 5.10 Å². The molecule has 2 nitrogen and oxygen atoms in total. The second-order valence-electron chi connectivity index (χ2n) is 14.7. The first-order valence-corrected chi connectivity index (χ1v) is 17.6. The number of hydrazone groups is 1. The highest BCUT2D eigenvalue weighted by Crippen LogP contribution is 2.45. The van der Waals surface area contributed by atoms with Gasteiger partial charge in [0.05, 0.1) is 0 Å². The summed E-state index contributed by atoms with van der Waals surface area (Å²) in [6, 6.07) is 1.46. The molecule has 3 unspecified atom stereocenters. The zero-order valence-electron chi connectivity index (χ0n) is 24.8. The van der Waals surface area contributed by atoms with Crippen LogP contribution < -0.4 is 0 Å². The monoisotopic (exact) mass is 510 g/mol. The summed E-state index contributed by atoms with van der Waals surface area (Å²) in [6.07, 6.45) is 39.4. The van der Waals surface area contributed by atoms with Crippen LogP contribution in [0.4, 0.5) is 0 Å². The summed E-state index contributed by atoms with van der Waals surface area (Å²) >= 11 is 0. The van der Waals surface area contributed by atoms with Crippen LogP contribution in [-0.4, -0.2) is 23.3 Å². The Hall–Kier alpha value is -0.530. The van der Waals surface area contributed by atoms with Crippen LogP contribution in [0.25, 0.3) is 0 Å². The molecular weight excluding hydrogens is 448 g/mol. The normalized spacial score (nSPS) is 32.3. The van der Waals surface area contributed by atoms with E-state index in [-0.39, 0.29) is 0 Å². The maximum absolute atomic E-state index is 5.41. The van der Waals surface area contributed by atoms with Gasteiger partial charge in [-0.1, -0.05) is 110 Å². The Morgan fingerprint density at radius 3 is 1.51 bits per heavy atom. The minimum atomic E-state index is 0.718. The van der Waals surface area contributed by atoms with E-state index in [4.69, 9.17) is 5.10 Å². The van der Waals surface area contributed by atoms with Gasteiger partial charge in [0.15, 0.2) is 0 Å². The van der Waals surface area contributed by atoms with E-state index in [9.17, 15) is 0 Å². The minimum Gasteiger partial charge on any atom is -0.291 e. The molecule has 0 amide bonds. The van der Waals surface area contributed by atoms with Gasteiger partial charge in [-0.25, -0.2) is 0 Å². The first-order valence-electron chi connectivity index (χ1n) is 17.6. The van der Waals surface area contributed by atoms with Crippen molar-refractivity contribution in [3.63, 3.8) is 0 Å². The predicted molar refractivity (Wildman–Crippen MR) is 160 cm³/mol. The Morgan fingerprint density at radius 1 is 0.595 bits per heavy atom. The third-order valence-electron chi connectivity index (χ3n) is 12.0. The second kappa shape index (κ2) is 14.7. The van der Waals surface area contributed by atoms with Crippen molar-refractivity contribution in [3.05, 3.63) is 0 Å². The molecule has 5 saturated carbocycles. The van der Waals surface area contributed by atoms with Crippen molar-refractivity contribution in [1.29, 1.82) is 0 Å². The zero-order valence-corrected chi connectivity index (χ0v) is 24.8. The van der Waals surface area contributed by atoms with Crippen LogP contribution in [0.5, 0.6) is 0 Å². The highest BCUT2D eigenvalue weighted by atomic mass is 15.5. The lowest BCUT2D eigenvalue weighted by atomic mass is 9.65. The van der Waals surface area contributed by atoms with Crippen molar-refractivity contribution in [2.24, 2.45) is 40.6 Å². The molecule has 5 rings (SSSR count). The lowest BCUT2D eigenvalue weighted by Gasteiger charge is -2.42. The van der Waals surface area contributed by atoms with Crippen LogP contribution in [0.1, 0.15) is 167 Å². The van der Waals surface area contributed by atoms with Gasteiger partial charge in [-0.05, 0) is 93.3 Å². The molecule has 5 fully saturated rings. The van der Waals surface area contributed by atoms with Crippen LogP contribution in [0, 0.1) is 35.5 Å². The fourth-order valence-electron chi connectivity index (χ4n) is 9.63. The van der Waals surface area contributed by atoms with Crippen molar-refractivity contribution in [3.8, 4) is 0 Å². The van der Waals surface area contributed by atoms with E-state index in [0.29, 0.717) is 0 Å².